The SMILES string of the molecule is COc1ccccc1CC(=O)N1CCCC(CCN2CCC(N3CCCCC3)CC2)(c2ccc(Cl)c(Cl)c2)C1. The van der Waals surface area contributed by atoms with Gasteiger partial charge in [-0.15, -0.1) is 0 Å². The lowest BCUT2D eigenvalue weighted by Gasteiger charge is -2.45. The van der Waals surface area contributed by atoms with Crippen LogP contribution in [-0.2, 0) is 16.6 Å². The van der Waals surface area contributed by atoms with E-state index >= 15 is 0 Å². The fraction of sp³-hybridized carbons (Fsp3) is 0.594. The predicted molar refractivity (Wildman–Crippen MR) is 160 cm³/mol. The summed E-state index contributed by atoms with van der Waals surface area (Å²) in [6, 6.07) is 14.7. The summed E-state index contributed by atoms with van der Waals surface area (Å²) in [4.78, 5) is 21.0. The van der Waals surface area contributed by atoms with Crippen molar-refractivity contribution in [3.05, 3.63) is 63.6 Å². The van der Waals surface area contributed by atoms with Crippen molar-refractivity contribution in [1.82, 2.24) is 14.7 Å². The number of benzene rings is 2. The maximum atomic E-state index is 13.6. The molecule has 3 saturated heterocycles. The van der Waals surface area contributed by atoms with Crippen molar-refractivity contribution < 1.29 is 9.53 Å². The Hall–Kier alpha value is -1.79. The Kier molecular flexibility index (Phi) is 9.76. The fourth-order valence-corrected chi connectivity index (χ4v) is 7.34. The largest absolute Gasteiger partial charge is 0.496 e. The van der Waals surface area contributed by atoms with Crippen molar-refractivity contribution >= 4 is 29.1 Å². The average molecular weight is 573 g/mol. The Morgan fingerprint density at radius 3 is 2.46 bits per heavy atom. The maximum Gasteiger partial charge on any atom is 0.227 e. The molecule has 0 spiro atoms. The molecule has 2 aromatic carbocycles. The Bertz CT molecular complexity index is 1110. The summed E-state index contributed by atoms with van der Waals surface area (Å²) in [6.07, 6.45) is 10.0. The third-order valence-electron chi connectivity index (χ3n) is 9.37. The van der Waals surface area contributed by atoms with Gasteiger partial charge in [0.15, 0.2) is 0 Å². The fourth-order valence-electron chi connectivity index (χ4n) is 7.04. The average Bonchev–Trinajstić information content (AvgIpc) is 2.98. The minimum atomic E-state index is -0.132. The number of piperidine rings is 3. The van der Waals surface area contributed by atoms with Gasteiger partial charge < -0.3 is 19.4 Å². The predicted octanol–water partition coefficient (Wildman–Crippen LogP) is 6.45. The van der Waals surface area contributed by atoms with E-state index in [1.165, 1.54) is 50.8 Å². The lowest BCUT2D eigenvalue weighted by molar-refractivity contribution is -0.132. The lowest BCUT2D eigenvalue weighted by atomic mass is 9.71. The maximum absolute atomic E-state index is 13.6. The van der Waals surface area contributed by atoms with Crippen LogP contribution in [0.5, 0.6) is 5.75 Å². The van der Waals surface area contributed by atoms with Crippen LogP contribution in [0.4, 0.5) is 0 Å². The Morgan fingerprint density at radius 2 is 1.72 bits per heavy atom. The highest BCUT2D eigenvalue weighted by atomic mass is 35.5. The van der Waals surface area contributed by atoms with Gasteiger partial charge >= 0.3 is 0 Å². The van der Waals surface area contributed by atoms with Gasteiger partial charge in [-0.25, -0.2) is 0 Å². The highest BCUT2D eigenvalue weighted by Gasteiger charge is 2.39. The van der Waals surface area contributed by atoms with Crippen molar-refractivity contribution in [3.63, 3.8) is 0 Å². The van der Waals surface area contributed by atoms with Crippen LogP contribution in [0.2, 0.25) is 10.0 Å². The normalized spacial score (nSPS) is 23.6. The van der Waals surface area contributed by atoms with E-state index in [9.17, 15) is 4.79 Å². The van der Waals surface area contributed by atoms with Gasteiger partial charge in [-0.05, 0) is 101 Å². The molecule has 2 aromatic rings. The number of ether oxygens (including phenoxy) is 1. The Balaban J connectivity index is 1.28. The third-order valence-corrected chi connectivity index (χ3v) is 10.1. The summed E-state index contributed by atoms with van der Waals surface area (Å²) in [6.45, 7) is 7.43. The molecule has 1 atom stereocenters. The summed E-state index contributed by atoms with van der Waals surface area (Å²) in [5, 5.41) is 1.17. The molecule has 212 valence electrons. The molecule has 7 heteroatoms. The molecule has 5 nitrogen and oxygen atoms in total. The van der Waals surface area contributed by atoms with Crippen molar-refractivity contribution in [1.29, 1.82) is 0 Å². The monoisotopic (exact) mass is 571 g/mol. The number of likely N-dealkylation sites (tertiary alicyclic amines) is 3. The molecule has 3 aliphatic rings. The van der Waals surface area contributed by atoms with Gasteiger partial charge in [0.1, 0.15) is 5.75 Å². The van der Waals surface area contributed by atoms with Crippen LogP contribution >= 0.6 is 23.2 Å². The molecule has 3 heterocycles. The smallest absolute Gasteiger partial charge is 0.227 e. The summed E-state index contributed by atoms with van der Waals surface area (Å²) < 4.78 is 5.51. The minimum Gasteiger partial charge on any atom is -0.496 e. The van der Waals surface area contributed by atoms with Crippen LogP contribution < -0.4 is 4.74 Å². The molecule has 5 rings (SSSR count). The summed E-state index contributed by atoms with van der Waals surface area (Å²) in [5.74, 6) is 0.928. The molecule has 1 amide bonds. The minimum absolute atomic E-state index is 0.132. The number of halogens is 2. The van der Waals surface area contributed by atoms with Crippen LogP contribution in [0.15, 0.2) is 42.5 Å². The molecular weight excluding hydrogens is 529 g/mol. The molecule has 3 aliphatic heterocycles. The summed E-state index contributed by atoms with van der Waals surface area (Å²) in [5.41, 5.74) is 2.01. The van der Waals surface area contributed by atoms with Crippen molar-refractivity contribution in [3.8, 4) is 5.75 Å². The van der Waals surface area contributed by atoms with E-state index in [0.29, 0.717) is 23.0 Å². The second kappa shape index (κ2) is 13.2. The van der Waals surface area contributed by atoms with E-state index in [1.54, 1.807) is 7.11 Å². The van der Waals surface area contributed by atoms with E-state index in [-0.39, 0.29) is 11.3 Å². The van der Waals surface area contributed by atoms with Crippen molar-refractivity contribution in [2.45, 2.75) is 69.2 Å². The molecule has 0 bridgehead atoms. The molecule has 1 unspecified atom stereocenters. The number of rotatable bonds is 8. The van der Waals surface area contributed by atoms with E-state index in [2.05, 4.69) is 20.8 Å². The van der Waals surface area contributed by atoms with Crippen LogP contribution in [0.3, 0.4) is 0 Å². The highest BCUT2D eigenvalue weighted by molar-refractivity contribution is 6.42. The first-order valence-corrected chi connectivity index (χ1v) is 15.5. The topological polar surface area (TPSA) is 36.0 Å². The van der Waals surface area contributed by atoms with Gasteiger partial charge in [-0.2, -0.15) is 0 Å². The molecule has 0 aliphatic carbocycles. The molecule has 39 heavy (non-hydrogen) atoms. The van der Waals surface area contributed by atoms with Gasteiger partial charge in [-0.3, -0.25) is 4.79 Å². The van der Waals surface area contributed by atoms with E-state index in [1.807, 2.05) is 36.4 Å². The Morgan fingerprint density at radius 1 is 0.949 bits per heavy atom. The third kappa shape index (κ3) is 6.93. The van der Waals surface area contributed by atoms with E-state index in [0.717, 1.165) is 62.8 Å². The summed E-state index contributed by atoms with van der Waals surface area (Å²) in [7, 11) is 1.66. The molecule has 0 N–H and O–H groups in total. The number of para-hydroxylation sites is 1. The number of carbonyl (C=O) groups excluding carboxylic acids is 1. The van der Waals surface area contributed by atoms with E-state index in [4.69, 9.17) is 27.9 Å². The van der Waals surface area contributed by atoms with Gasteiger partial charge in [0, 0.05) is 30.1 Å². The zero-order valence-corrected chi connectivity index (χ0v) is 24.9. The number of hydrogen-bond donors (Lipinski definition) is 0. The first-order valence-electron chi connectivity index (χ1n) is 14.8. The van der Waals surface area contributed by atoms with Crippen molar-refractivity contribution in [2.75, 3.05) is 52.9 Å². The van der Waals surface area contributed by atoms with Crippen LogP contribution in [0, 0.1) is 0 Å². The molecule has 0 radical (unpaired) electrons. The molecular formula is C32H43Cl2N3O2. The second-order valence-corrected chi connectivity index (χ2v) is 12.6. The number of hydrogen-bond acceptors (Lipinski definition) is 4. The molecule has 0 saturated carbocycles. The van der Waals surface area contributed by atoms with Crippen LogP contribution in [0.25, 0.3) is 0 Å². The van der Waals surface area contributed by atoms with Gasteiger partial charge in [0.25, 0.3) is 0 Å². The van der Waals surface area contributed by atoms with Crippen LogP contribution in [-0.4, -0.2) is 79.6 Å². The van der Waals surface area contributed by atoms with Crippen molar-refractivity contribution in [2.24, 2.45) is 0 Å². The zero-order chi connectivity index (χ0) is 27.2. The number of methoxy groups -OCH3 is 1. The quantitative estimate of drug-likeness (QED) is 0.365. The number of carbonyl (C=O) groups is 1. The molecule has 0 aromatic heterocycles. The first kappa shape index (κ1) is 28.7. The Labute approximate surface area is 244 Å². The first-order chi connectivity index (χ1) is 19.0. The van der Waals surface area contributed by atoms with Gasteiger partial charge in [0.05, 0.1) is 23.6 Å². The number of nitrogens with zero attached hydrogens (tertiary/aromatic N) is 3. The second-order valence-electron chi connectivity index (χ2n) is 11.7. The number of amides is 1. The van der Waals surface area contributed by atoms with Crippen LogP contribution in [0.1, 0.15) is 62.5 Å². The van der Waals surface area contributed by atoms with Gasteiger partial charge in [0.2, 0.25) is 5.91 Å². The lowest BCUT2D eigenvalue weighted by Crippen LogP contribution is -2.51. The standard InChI is InChI=1S/C32H43Cl2N3O2/c1-39-30-9-4-3-8-25(30)22-31(38)37-18-7-14-32(24-37,26-10-11-28(33)29(34)23-26)15-21-35-19-12-27(13-20-35)36-16-5-2-6-17-36/h3-4,8-11,23,27H,2,5-7,12-22,24H2,1H3. The van der Waals surface area contributed by atoms with E-state index < -0.39 is 0 Å². The zero-order valence-electron chi connectivity index (χ0n) is 23.3. The van der Waals surface area contributed by atoms with Gasteiger partial charge in [-0.1, -0.05) is 53.9 Å². The molecule has 3 fully saturated rings. The summed E-state index contributed by atoms with van der Waals surface area (Å²) >= 11 is 12.9. The highest BCUT2D eigenvalue weighted by Crippen LogP contribution is 2.40.